The minimum Gasteiger partial charge on any atom is -0.507 e. The molecule has 5 heteroatoms. The number of nitrogens with one attached hydrogen (secondary N) is 1. The molecule has 18 heavy (non-hydrogen) atoms. The van der Waals surface area contributed by atoms with Crippen LogP contribution in [0.4, 0.5) is 0 Å². The second kappa shape index (κ2) is 6.86. The van der Waals surface area contributed by atoms with Gasteiger partial charge in [0, 0.05) is 18.7 Å². The zero-order valence-electron chi connectivity index (χ0n) is 10.9. The Morgan fingerprint density at radius 2 is 2.22 bits per heavy atom. The van der Waals surface area contributed by atoms with Gasteiger partial charge in [0.15, 0.2) is 0 Å². The molecule has 1 amide bonds. The van der Waals surface area contributed by atoms with E-state index in [2.05, 4.69) is 5.32 Å². The predicted molar refractivity (Wildman–Crippen MR) is 68.1 cm³/mol. The molecule has 1 aromatic rings. The molecule has 1 unspecified atom stereocenters. The molecular formula is C13H19NO4. The first-order valence-corrected chi connectivity index (χ1v) is 5.84. The van der Waals surface area contributed by atoms with Gasteiger partial charge in [0.1, 0.15) is 11.5 Å². The van der Waals surface area contributed by atoms with Gasteiger partial charge in [-0.15, -0.1) is 0 Å². The first-order valence-electron chi connectivity index (χ1n) is 5.84. The summed E-state index contributed by atoms with van der Waals surface area (Å²) in [5.74, 6) is 0.0734. The molecule has 1 rings (SSSR count). The number of benzene rings is 1. The minimum absolute atomic E-state index is 0.101. The van der Waals surface area contributed by atoms with Crippen LogP contribution >= 0.6 is 0 Å². The Kier molecular flexibility index (Phi) is 5.45. The third-order valence-corrected chi connectivity index (χ3v) is 2.40. The molecule has 2 N–H and O–H groups in total. The highest BCUT2D eigenvalue weighted by molar-refractivity contribution is 5.97. The van der Waals surface area contributed by atoms with Crippen molar-refractivity contribution in [2.45, 2.75) is 19.9 Å². The van der Waals surface area contributed by atoms with Gasteiger partial charge in [0.2, 0.25) is 0 Å². The molecule has 5 nitrogen and oxygen atoms in total. The summed E-state index contributed by atoms with van der Waals surface area (Å²) in [7, 11) is 1.50. The molecule has 0 aliphatic rings. The van der Waals surface area contributed by atoms with Crippen molar-refractivity contribution in [2.75, 3.05) is 20.3 Å². The van der Waals surface area contributed by atoms with Gasteiger partial charge in [-0.1, -0.05) is 0 Å². The van der Waals surface area contributed by atoms with Crippen LogP contribution in [0.2, 0.25) is 0 Å². The highest BCUT2D eigenvalue weighted by Crippen LogP contribution is 2.23. The van der Waals surface area contributed by atoms with Crippen molar-refractivity contribution in [3.8, 4) is 11.5 Å². The summed E-state index contributed by atoms with van der Waals surface area (Å²) >= 11 is 0. The summed E-state index contributed by atoms with van der Waals surface area (Å²) in [4.78, 5) is 11.9. The Morgan fingerprint density at radius 1 is 1.50 bits per heavy atom. The van der Waals surface area contributed by atoms with Crippen molar-refractivity contribution in [3.05, 3.63) is 23.8 Å². The van der Waals surface area contributed by atoms with Crippen LogP contribution in [0.5, 0.6) is 11.5 Å². The number of rotatable bonds is 6. The molecule has 0 heterocycles. The van der Waals surface area contributed by atoms with Gasteiger partial charge in [-0.3, -0.25) is 4.79 Å². The van der Waals surface area contributed by atoms with Gasteiger partial charge >= 0.3 is 0 Å². The summed E-state index contributed by atoms with van der Waals surface area (Å²) in [6, 6.07) is 4.44. The maximum absolute atomic E-state index is 11.9. The lowest BCUT2D eigenvalue weighted by Gasteiger charge is -2.14. The average molecular weight is 253 g/mol. The minimum atomic E-state index is -0.331. The summed E-state index contributed by atoms with van der Waals surface area (Å²) < 4.78 is 10.2. The standard InChI is InChI=1S/C13H19NO4/c1-4-18-8-9(2)14-13(16)11-6-5-10(17-3)7-12(11)15/h5-7,9,15H,4,8H2,1-3H3,(H,14,16). The van der Waals surface area contributed by atoms with E-state index in [0.717, 1.165) is 0 Å². The van der Waals surface area contributed by atoms with Crippen LogP contribution in [0.3, 0.4) is 0 Å². The second-order valence-corrected chi connectivity index (χ2v) is 3.92. The van der Waals surface area contributed by atoms with Crippen LogP contribution in [0.25, 0.3) is 0 Å². The second-order valence-electron chi connectivity index (χ2n) is 3.92. The summed E-state index contributed by atoms with van der Waals surface area (Å²) in [6.07, 6.45) is 0. The molecule has 0 fully saturated rings. The maximum Gasteiger partial charge on any atom is 0.255 e. The molecule has 0 spiro atoms. The Bertz CT molecular complexity index is 406. The number of phenols is 1. The molecule has 0 saturated heterocycles. The third-order valence-electron chi connectivity index (χ3n) is 2.40. The van der Waals surface area contributed by atoms with E-state index in [1.165, 1.54) is 19.2 Å². The molecule has 100 valence electrons. The van der Waals surface area contributed by atoms with Gasteiger partial charge in [-0.2, -0.15) is 0 Å². The number of ether oxygens (including phenoxy) is 2. The highest BCUT2D eigenvalue weighted by Gasteiger charge is 2.14. The fourth-order valence-corrected chi connectivity index (χ4v) is 1.47. The van der Waals surface area contributed by atoms with E-state index in [1.807, 2.05) is 13.8 Å². The summed E-state index contributed by atoms with van der Waals surface area (Å²) in [5.41, 5.74) is 0.221. The lowest BCUT2D eigenvalue weighted by molar-refractivity contribution is 0.0869. The monoisotopic (exact) mass is 253 g/mol. The first kappa shape index (κ1) is 14.3. The van der Waals surface area contributed by atoms with Crippen molar-refractivity contribution >= 4 is 5.91 Å². The first-order chi connectivity index (χ1) is 8.58. The predicted octanol–water partition coefficient (Wildman–Crippen LogP) is 1.56. The zero-order chi connectivity index (χ0) is 13.5. The molecule has 0 aliphatic heterocycles. The molecule has 0 aromatic heterocycles. The molecule has 0 saturated carbocycles. The van der Waals surface area contributed by atoms with E-state index in [4.69, 9.17) is 9.47 Å². The van der Waals surface area contributed by atoms with Gasteiger partial charge < -0.3 is 19.9 Å². The van der Waals surface area contributed by atoms with Crippen LogP contribution in [0, 0.1) is 0 Å². The molecule has 1 aromatic carbocycles. The van der Waals surface area contributed by atoms with E-state index >= 15 is 0 Å². The molecule has 0 bridgehead atoms. The van der Waals surface area contributed by atoms with Crippen molar-refractivity contribution in [1.82, 2.24) is 5.32 Å². The van der Waals surface area contributed by atoms with Crippen LogP contribution < -0.4 is 10.1 Å². The fourth-order valence-electron chi connectivity index (χ4n) is 1.47. The molecule has 0 radical (unpaired) electrons. The number of phenolic OH excluding ortho intramolecular Hbond substituents is 1. The van der Waals surface area contributed by atoms with Gasteiger partial charge in [-0.05, 0) is 26.0 Å². The number of methoxy groups -OCH3 is 1. The van der Waals surface area contributed by atoms with Crippen molar-refractivity contribution in [1.29, 1.82) is 0 Å². The van der Waals surface area contributed by atoms with Gasteiger partial charge in [0.05, 0.1) is 19.3 Å². The molecule has 0 aliphatic carbocycles. The number of carbonyl (C=O) groups is 1. The number of hydrogen-bond donors (Lipinski definition) is 2. The van der Waals surface area contributed by atoms with E-state index in [9.17, 15) is 9.90 Å². The zero-order valence-corrected chi connectivity index (χ0v) is 10.9. The normalized spacial score (nSPS) is 11.9. The van der Waals surface area contributed by atoms with Crippen molar-refractivity contribution in [2.24, 2.45) is 0 Å². The Labute approximate surface area is 107 Å². The molecule has 1 atom stereocenters. The van der Waals surface area contributed by atoms with E-state index in [1.54, 1.807) is 6.07 Å². The van der Waals surface area contributed by atoms with E-state index in [0.29, 0.717) is 19.0 Å². The molecular weight excluding hydrogens is 234 g/mol. The van der Waals surface area contributed by atoms with Gasteiger partial charge in [-0.25, -0.2) is 0 Å². The third kappa shape index (κ3) is 3.92. The number of amides is 1. The topological polar surface area (TPSA) is 67.8 Å². The van der Waals surface area contributed by atoms with Crippen LogP contribution in [-0.4, -0.2) is 37.4 Å². The largest absolute Gasteiger partial charge is 0.507 e. The van der Waals surface area contributed by atoms with E-state index in [-0.39, 0.29) is 23.3 Å². The Hall–Kier alpha value is -1.75. The van der Waals surface area contributed by atoms with Crippen molar-refractivity contribution in [3.63, 3.8) is 0 Å². The van der Waals surface area contributed by atoms with Crippen LogP contribution in [0.1, 0.15) is 24.2 Å². The number of aromatic hydroxyl groups is 1. The average Bonchev–Trinajstić information content (AvgIpc) is 2.35. The Balaban J connectivity index is 2.66. The summed E-state index contributed by atoms with van der Waals surface area (Å²) in [6.45, 7) is 4.78. The van der Waals surface area contributed by atoms with E-state index < -0.39 is 0 Å². The SMILES string of the molecule is CCOCC(C)NC(=O)c1ccc(OC)cc1O. The lowest BCUT2D eigenvalue weighted by atomic mass is 10.1. The highest BCUT2D eigenvalue weighted by atomic mass is 16.5. The van der Waals surface area contributed by atoms with Crippen LogP contribution in [-0.2, 0) is 4.74 Å². The van der Waals surface area contributed by atoms with Crippen LogP contribution in [0.15, 0.2) is 18.2 Å². The quantitative estimate of drug-likeness (QED) is 0.807. The van der Waals surface area contributed by atoms with Gasteiger partial charge in [0.25, 0.3) is 5.91 Å². The number of carbonyl (C=O) groups excluding carboxylic acids is 1. The summed E-state index contributed by atoms with van der Waals surface area (Å²) in [5, 5.41) is 12.5. The van der Waals surface area contributed by atoms with Crippen molar-refractivity contribution < 1.29 is 19.4 Å². The number of hydrogen-bond acceptors (Lipinski definition) is 4. The lowest BCUT2D eigenvalue weighted by Crippen LogP contribution is -2.35. The maximum atomic E-state index is 11.9. The fraction of sp³-hybridized carbons (Fsp3) is 0.462. The Morgan fingerprint density at radius 3 is 2.78 bits per heavy atom. The smallest absolute Gasteiger partial charge is 0.255 e.